The number of nitrogens with one attached hydrogen (secondary N) is 1. The van der Waals surface area contributed by atoms with Crippen molar-refractivity contribution in [1.29, 1.82) is 0 Å². The van der Waals surface area contributed by atoms with E-state index < -0.39 is 11.9 Å². The lowest BCUT2D eigenvalue weighted by atomic mass is 9.95. The van der Waals surface area contributed by atoms with E-state index >= 15 is 0 Å². The van der Waals surface area contributed by atoms with Gasteiger partial charge in [-0.25, -0.2) is 0 Å². The zero-order valence-corrected chi connectivity index (χ0v) is 14.0. The maximum atomic E-state index is 11.6. The van der Waals surface area contributed by atoms with Crippen molar-refractivity contribution in [1.82, 2.24) is 5.32 Å². The molecule has 0 spiro atoms. The van der Waals surface area contributed by atoms with Crippen molar-refractivity contribution >= 4 is 17.8 Å². The maximum Gasteiger partial charge on any atom is 0.308 e. The molecule has 1 aromatic carbocycles. The monoisotopic (exact) mass is 321 g/mol. The second-order valence-corrected chi connectivity index (χ2v) is 5.28. The fraction of sp³-hybridized carbons (Fsp3) is 0.471. The van der Waals surface area contributed by atoms with E-state index in [0.29, 0.717) is 30.9 Å². The Bertz CT molecular complexity index is 582. The molecule has 0 aliphatic carbocycles. The molecule has 0 radical (unpaired) electrons. The number of esters is 2. The molecule has 0 bridgehead atoms. The zero-order valence-electron chi connectivity index (χ0n) is 14.0. The Morgan fingerprint density at radius 1 is 1.13 bits per heavy atom. The molecular formula is C17H23NO5. The summed E-state index contributed by atoms with van der Waals surface area (Å²) in [4.78, 5) is 33.9. The molecule has 0 aliphatic heterocycles. The third kappa shape index (κ3) is 6.50. The van der Waals surface area contributed by atoms with Crippen LogP contribution >= 0.6 is 0 Å². The van der Waals surface area contributed by atoms with Gasteiger partial charge in [0.05, 0.1) is 0 Å². The highest BCUT2D eigenvalue weighted by Gasteiger charge is 2.16. The molecule has 0 fully saturated rings. The van der Waals surface area contributed by atoms with Crippen LogP contribution in [0.25, 0.3) is 0 Å². The van der Waals surface area contributed by atoms with E-state index in [-0.39, 0.29) is 11.8 Å². The second-order valence-electron chi connectivity index (χ2n) is 5.28. The Labute approximate surface area is 136 Å². The van der Waals surface area contributed by atoms with Crippen LogP contribution in [0.3, 0.4) is 0 Å². The van der Waals surface area contributed by atoms with E-state index in [4.69, 9.17) is 9.47 Å². The SMILES string of the molecule is CCNC(=O)CCC(C)c1ccc(OC(C)=O)cc1OC(C)=O. The average molecular weight is 321 g/mol. The summed E-state index contributed by atoms with van der Waals surface area (Å²) in [7, 11) is 0. The van der Waals surface area contributed by atoms with Crippen LogP contribution < -0.4 is 14.8 Å². The van der Waals surface area contributed by atoms with Gasteiger partial charge in [-0.05, 0) is 30.9 Å². The van der Waals surface area contributed by atoms with E-state index in [1.807, 2.05) is 13.8 Å². The molecule has 0 aliphatic rings. The van der Waals surface area contributed by atoms with Gasteiger partial charge in [-0.15, -0.1) is 0 Å². The van der Waals surface area contributed by atoms with Gasteiger partial charge in [-0.2, -0.15) is 0 Å². The van der Waals surface area contributed by atoms with Crippen LogP contribution in [-0.2, 0) is 14.4 Å². The lowest BCUT2D eigenvalue weighted by molar-refractivity contribution is -0.132. The quantitative estimate of drug-likeness (QED) is 0.616. The fourth-order valence-corrected chi connectivity index (χ4v) is 2.18. The number of benzene rings is 1. The van der Waals surface area contributed by atoms with E-state index in [9.17, 15) is 14.4 Å². The largest absolute Gasteiger partial charge is 0.427 e. The summed E-state index contributed by atoms with van der Waals surface area (Å²) < 4.78 is 10.2. The van der Waals surface area contributed by atoms with Crippen molar-refractivity contribution < 1.29 is 23.9 Å². The Morgan fingerprint density at radius 3 is 2.35 bits per heavy atom. The number of hydrogen-bond acceptors (Lipinski definition) is 5. The minimum atomic E-state index is -0.456. The number of carbonyl (C=O) groups excluding carboxylic acids is 3. The van der Waals surface area contributed by atoms with E-state index in [2.05, 4.69) is 5.32 Å². The zero-order chi connectivity index (χ0) is 17.4. The first-order valence-corrected chi connectivity index (χ1v) is 7.61. The smallest absolute Gasteiger partial charge is 0.308 e. The minimum absolute atomic E-state index is 0.00933. The molecule has 23 heavy (non-hydrogen) atoms. The number of rotatable bonds is 7. The van der Waals surface area contributed by atoms with Gasteiger partial charge in [0.25, 0.3) is 0 Å². The molecule has 126 valence electrons. The topological polar surface area (TPSA) is 81.7 Å². The lowest BCUT2D eigenvalue weighted by Gasteiger charge is -2.16. The highest BCUT2D eigenvalue weighted by Crippen LogP contribution is 2.33. The van der Waals surface area contributed by atoms with Crippen LogP contribution in [0.15, 0.2) is 18.2 Å². The molecule has 1 amide bonds. The molecule has 1 rings (SSSR count). The van der Waals surface area contributed by atoms with Crippen molar-refractivity contribution in [2.75, 3.05) is 6.54 Å². The van der Waals surface area contributed by atoms with Crippen molar-refractivity contribution in [3.05, 3.63) is 23.8 Å². The summed E-state index contributed by atoms with van der Waals surface area (Å²) in [6.45, 7) is 7.03. The van der Waals surface area contributed by atoms with Crippen LogP contribution in [0.2, 0.25) is 0 Å². The molecule has 1 N–H and O–H groups in total. The predicted molar refractivity (Wildman–Crippen MR) is 85.4 cm³/mol. The normalized spacial score (nSPS) is 11.5. The van der Waals surface area contributed by atoms with Gasteiger partial charge in [-0.1, -0.05) is 13.0 Å². The number of ether oxygens (including phenoxy) is 2. The van der Waals surface area contributed by atoms with E-state index in [0.717, 1.165) is 5.56 Å². The Balaban J connectivity index is 2.91. The third-order valence-electron chi connectivity index (χ3n) is 3.21. The van der Waals surface area contributed by atoms with E-state index in [1.54, 1.807) is 12.1 Å². The molecule has 6 heteroatoms. The number of carbonyl (C=O) groups is 3. The first kappa shape index (κ1) is 18.7. The van der Waals surface area contributed by atoms with Crippen molar-refractivity contribution in [2.24, 2.45) is 0 Å². The summed E-state index contributed by atoms with van der Waals surface area (Å²) in [5.74, 6) is -0.241. The Kier molecular flexibility index (Phi) is 7.25. The van der Waals surface area contributed by atoms with Gasteiger partial charge in [0.2, 0.25) is 5.91 Å². The van der Waals surface area contributed by atoms with E-state index in [1.165, 1.54) is 19.9 Å². The Morgan fingerprint density at radius 2 is 1.78 bits per heavy atom. The van der Waals surface area contributed by atoms with Gasteiger partial charge >= 0.3 is 11.9 Å². The molecule has 1 atom stereocenters. The van der Waals surface area contributed by atoms with Gasteiger partial charge < -0.3 is 14.8 Å². The van der Waals surface area contributed by atoms with Crippen LogP contribution in [0, 0.1) is 0 Å². The fourth-order valence-electron chi connectivity index (χ4n) is 2.18. The molecule has 1 aromatic rings. The summed E-state index contributed by atoms with van der Waals surface area (Å²) >= 11 is 0. The maximum absolute atomic E-state index is 11.6. The van der Waals surface area contributed by atoms with Gasteiger partial charge in [0.1, 0.15) is 11.5 Å². The highest BCUT2D eigenvalue weighted by atomic mass is 16.5. The minimum Gasteiger partial charge on any atom is -0.427 e. The lowest BCUT2D eigenvalue weighted by Crippen LogP contribution is -2.22. The molecule has 0 heterocycles. The summed E-state index contributed by atoms with van der Waals surface area (Å²) in [6.07, 6.45) is 1.01. The predicted octanol–water partition coefficient (Wildman–Crippen LogP) is 2.56. The van der Waals surface area contributed by atoms with Gasteiger partial charge in [-0.3, -0.25) is 14.4 Å². The molecule has 0 saturated heterocycles. The molecular weight excluding hydrogens is 298 g/mol. The van der Waals surface area contributed by atoms with Crippen LogP contribution in [0.5, 0.6) is 11.5 Å². The van der Waals surface area contributed by atoms with Gasteiger partial charge in [0, 0.05) is 32.9 Å². The molecule has 1 unspecified atom stereocenters. The van der Waals surface area contributed by atoms with Crippen molar-refractivity contribution in [2.45, 2.75) is 46.5 Å². The first-order valence-electron chi connectivity index (χ1n) is 7.61. The van der Waals surface area contributed by atoms with Crippen molar-refractivity contribution in [3.63, 3.8) is 0 Å². The third-order valence-corrected chi connectivity index (χ3v) is 3.21. The molecule has 0 aromatic heterocycles. The molecule has 0 saturated carbocycles. The Hall–Kier alpha value is -2.37. The van der Waals surface area contributed by atoms with Gasteiger partial charge in [0.15, 0.2) is 0 Å². The number of amides is 1. The molecule has 6 nitrogen and oxygen atoms in total. The first-order chi connectivity index (χ1) is 10.8. The van der Waals surface area contributed by atoms with Crippen LogP contribution in [0.4, 0.5) is 0 Å². The second kappa shape index (κ2) is 8.92. The van der Waals surface area contributed by atoms with Crippen molar-refractivity contribution in [3.8, 4) is 11.5 Å². The summed E-state index contributed by atoms with van der Waals surface area (Å²) in [6, 6.07) is 4.91. The average Bonchev–Trinajstić information content (AvgIpc) is 2.44. The summed E-state index contributed by atoms with van der Waals surface area (Å²) in [5, 5.41) is 2.75. The standard InChI is InChI=1S/C17H23NO5/c1-5-18-17(21)9-6-11(2)15-8-7-14(22-12(3)19)10-16(15)23-13(4)20/h7-8,10-11H,5-6,9H2,1-4H3,(H,18,21). The van der Waals surface area contributed by atoms with Crippen LogP contribution in [0.1, 0.15) is 52.0 Å². The highest BCUT2D eigenvalue weighted by molar-refractivity contribution is 5.76. The number of hydrogen-bond donors (Lipinski definition) is 1. The summed E-state index contributed by atoms with van der Waals surface area (Å²) in [5.41, 5.74) is 0.792. The van der Waals surface area contributed by atoms with Crippen LogP contribution in [-0.4, -0.2) is 24.4 Å².